The number of nitrogens with one attached hydrogen (secondary N) is 1. The second-order valence-corrected chi connectivity index (χ2v) is 7.19. The van der Waals surface area contributed by atoms with Gasteiger partial charge in [0.2, 0.25) is 0 Å². The van der Waals surface area contributed by atoms with E-state index in [2.05, 4.69) is 5.32 Å². The van der Waals surface area contributed by atoms with Crippen molar-refractivity contribution in [3.63, 3.8) is 0 Å². The van der Waals surface area contributed by atoms with E-state index in [4.69, 9.17) is 15.2 Å². The fourth-order valence-corrected chi connectivity index (χ4v) is 2.84. The molecule has 0 unspecified atom stereocenters. The third-order valence-corrected chi connectivity index (χ3v) is 3.83. The number of nitrogens with two attached hydrogens (primary N) is 1. The quantitative estimate of drug-likeness (QED) is 0.628. The van der Waals surface area contributed by atoms with Gasteiger partial charge in [0.05, 0.1) is 29.6 Å². The molecule has 26 heavy (non-hydrogen) atoms. The summed E-state index contributed by atoms with van der Waals surface area (Å²) in [7, 11) is 0. The zero-order valence-corrected chi connectivity index (χ0v) is 15.6. The van der Waals surface area contributed by atoms with Crippen LogP contribution in [0.3, 0.4) is 0 Å². The van der Waals surface area contributed by atoms with Crippen molar-refractivity contribution in [3.05, 3.63) is 23.5 Å². The SMILES string of the molecule is CCOC(=O)c1cc(N)c(N2CC[C@@H](NC(=O)OC(C)(C)C)C2)c(F)c1. The van der Waals surface area contributed by atoms with Gasteiger partial charge in [0.1, 0.15) is 11.4 Å². The van der Waals surface area contributed by atoms with Gasteiger partial charge in [0.25, 0.3) is 0 Å². The van der Waals surface area contributed by atoms with E-state index in [1.807, 2.05) is 0 Å². The molecule has 7 nitrogen and oxygen atoms in total. The summed E-state index contributed by atoms with van der Waals surface area (Å²) in [6.45, 7) is 8.16. The van der Waals surface area contributed by atoms with Gasteiger partial charge in [-0.15, -0.1) is 0 Å². The number of benzene rings is 1. The number of nitrogen functional groups attached to an aromatic ring is 1. The minimum Gasteiger partial charge on any atom is -0.462 e. The topological polar surface area (TPSA) is 93.9 Å². The number of ether oxygens (including phenoxy) is 2. The first kappa shape index (κ1) is 19.8. The number of hydrogen-bond acceptors (Lipinski definition) is 6. The van der Waals surface area contributed by atoms with E-state index in [9.17, 15) is 14.0 Å². The van der Waals surface area contributed by atoms with Crippen molar-refractivity contribution in [1.29, 1.82) is 0 Å². The van der Waals surface area contributed by atoms with Crippen LogP contribution in [0.2, 0.25) is 0 Å². The number of carbonyl (C=O) groups excluding carboxylic acids is 2. The molecule has 3 N–H and O–H groups in total. The molecule has 0 spiro atoms. The van der Waals surface area contributed by atoms with Crippen molar-refractivity contribution in [1.82, 2.24) is 5.32 Å². The van der Waals surface area contributed by atoms with Crippen molar-refractivity contribution in [2.75, 3.05) is 30.3 Å². The first-order chi connectivity index (χ1) is 12.1. The van der Waals surface area contributed by atoms with Crippen LogP contribution in [0, 0.1) is 5.82 Å². The van der Waals surface area contributed by atoms with Crippen LogP contribution in [0.25, 0.3) is 0 Å². The predicted octanol–water partition coefficient (Wildman–Crippen LogP) is 2.69. The van der Waals surface area contributed by atoms with Gasteiger partial charge < -0.3 is 25.4 Å². The van der Waals surface area contributed by atoms with Crippen LogP contribution >= 0.6 is 0 Å². The fourth-order valence-electron chi connectivity index (χ4n) is 2.84. The summed E-state index contributed by atoms with van der Waals surface area (Å²) in [6, 6.07) is 2.36. The smallest absolute Gasteiger partial charge is 0.407 e. The average Bonchev–Trinajstić information content (AvgIpc) is 2.92. The molecule has 8 heteroatoms. The summed E-state index contributed by atoms with van der Waals surface area (Å²) < 4.78 is 24.6. The molecule has 1 saturated heterocycles. The van der Waals surface area contributed by atoms with E-state index in [1.165, 1.54) is 6.07 Å². The lowest BCUT2D eigenvalue weighted by Gasteiger charge is -2.23. The normalized spacial score (nSPS) is 17.1. The minimum absolute atomic E-state index is 0.0771. The molecule has 1 fully saturated rings. The maximum Gasteiger partial charge on any atom is 0.407 e. The van der Waals surface area contributed by atoms with E-state index >= 15 is 0 Å². The zero-order valence-electron chi connectivity index (χ0n) is 15.6. The van der Waals surface area contributed by atoms with Crippen molar-refractivity contribution < 1.29 is 23.5 Å². The van der Waals surface area contributed by atoms with Gasteiger partial charge in [-0.25, -0.2) is 14.0 Å². The average molecular weight is 367 g/mol. The molecule has 1 aromatic rings. The molecule has 0 saturated carbocycles. The summed E-state index contributed by atoms with van der Waals surface area (Å²) >= 11 is 0. The molecule has 1 aromatic carbocycles. The summed E-state index contributed by atoms with van der Waals surface area (Å²) in [6.07, 6.45) is 0.132. The van der Waals surface area contributed by atoms with Crippen LogP contribution in [-0.2, 0) is 9.47 Å². The molecule has 0 radical (unpaired) electrons. The first-order valence-corrected chi connectivity index (χ1v) is 8.61. The number of alkyl carbamates (subject to hydrolysis) is 1. The highest BCUT2D eigenvalue weighted by Crippen LogP contribution is 2.31. The number of nitrogens with zero attached hydrogens (tertiary/aromatic N) is 1. The van der Waals surface area contributed by atoms with Gasteiger partial charge in [0, 0.05) is 13.1 Å². The Morgan fingerprint density at radius 2 is 2.08 bits per heavy atom. The first-order valence-electron chi connectivity index (χ1n) is 8.61. The van der Waals surface area contributed by atoms with Gasteiger partial charge in [-0.3, -0.25) is 0 Å². The lowest BCUT2D eigenvalue weighted by molar-refractivity contribution is 0.0503. The Morgan fingerprint density at radius 1 is 1.38 bits per heavy atom. The molecule has 1 atom stereocenters. The maximum atomic E-state index is 14.5. The molecule has 0 aliphatic carbocycles. The highest BCUT2D eigenvalue weighted by molar-refractivity contribution is 5.92. The minimum atomic E-state index is -0.615. The number of hydrogen-bond donors (Lipinski definition) is 2. The molecule has 1 heterocycles. The summed E-state index contributed by atoms with van der Waals surface area (Å²) in [5, 5.41) is 2.78. The number of anilines is 2. The van der Waals surface area contributed by atoms with E-state index in [0.29, 0.717) is 19.5 Å². The molecule has 1 aliphatic rings. The zero-order chi connectivity index (χ0) is 19.5. The Bertz CT molecular complexity index is 664. The van der Waals surface area contributed by atoms with Crippen molar-refractivity contribution >= 4 is 23.4 Å². The fraction of sp³-hybridized carbons (Fsp3) is 0.556. The van der Waals surface area contributed by atoms with Gasteiger partial charge in [-0.05, 0) is 46.2 Å². The number of carbonyl (C=O) groups is 2. The Kier molecular flexibility index (Phi) is 5.94. The second-order valence-electron chi connectivity index (χ2n) is 7.19. The molecular weight excluding hydrogens is 341 g/mol. The Hall–Kier alpha value is -2.51. The van der Waals surface area contributed by atoms with Crippen LogP contribution < -0.4 is 16.0 Å². The number of esters is 1. The number of rotatable bonds is 4. The van der Waals surface area contributed by atoms with Gasteiger partial charge in [0.15, 0.2) is 0 Å². The van der Waals surface area contributed by atoms with Crippen molar-refractivity contribution in [3.8, 4) is 0 Å². The molecule has 1 aliphatic heterocycles. The van der Waals surface area contributed by atoms with E-state index in [1.54, 1.807) is 32.6 Å². The maximum absolute atomic E-state index is 14.5. The van der Waals surface area contributed by atoms with Gasteiger partial charge >= 0.3 is 12.1 Å². The standard InChI is InChI=1S/C18H26FN3O4/c1-5-25-16(23)11-8-13(19)15(14(20)9-11)22-7-6-12(10-22)21-17(24)26-18(2,3)4/h8-9,12H,5-7,10,20H2,1-4H3,(H,21,24)/t12-/m1/s1. The van der Waals surface area contributed by atoms with Crippen LogP contribution in [0.1, 0.15) is 44.5 Å². The second kappa shape index (κ2) is 7.80. The molecule has 1 amide bonds. The molecule has 2 rings (SSSR count). The number of amides is 1. The highest BCUT2D eigenvalue weighted by Gasteiger charge is 2.29. The lowest BCUT2D eigenvalue weighted by atomic mass is 10.1. The van der Waals surface area contributed by atoms with Gasteiger partial charge in [-0.1, -0.05) is 0 Å². The summed E-state index contributed by atoms with van der Waals surface area (Å²) in [5.74, 6) is -1.21. The van der Waals surface area contributed by atoms with Crippen LogP contribution in [0.4, 0.5) is 20.6 Å². The van der Waals surface area contributed by atoms with E-state index < -0.39 is 23.5 Å². The largest absolute Gasteiger partial charge is 0.462 e. The number of halogens is 1. The molecule has 0 bridgehead atoms. The summed E-state index contributed by atoms with van der Waals surface area (Å²) in [4.78, 5) is 25.4. The highest BCUT2D eigenvalue weighted by atomic mass is 19.1. The summed E-state index contributed by atoms with van der Waals surface area (Å²) in [5.41, 5.74) is 5.85. The monoisotopic (exact) mass is 367 g/mol. The van der Waals surface area contributed by atoms with Crippen molar-refractivity contribution in [2.24, 2.45) is 0 Å². The molecule has 0 aromatic heterocycles. The Labute approximate surface area is 152 Å². The molecular formula is C18H26FN3O4. The van der Waals surface area contributed by atoms with Crippen LogP contribution in [-0.4, -0.2) is 43.4 Å². The Morgan fingerprint density at radius 3 is 2.65 bits per heavy atom. The Balaban J connectivity index is 2.06. The van der Waals surface area contributed by atoms with E-state index in [-0.39, 0.29) is 29.6 Å². The van der Waals surface area contributed by atoms with Crippen LogP contribution in [0.15, 0.2) is 12.1 Å². The predicted molar refractivity (Wildman–Crippen MR) is 96.8 cm³/mol. The third-order valence-electron chi connectivity index (χ3n) is 3.83. The molecule has 144 valence electrons. The third kappa shape index (κ3) is 5.00. The van der Waals surface area contributed by atoms with Gasteiger partial charge in [-0.2, -0.15) is 0 Å². The van der Waals surface area contributed by atoms with Crippen LogP contribution in [0.5, 0.6) is 0 Å². The van der Waals surface area contributed by atoms with E-state index in [0.717, 1.165) is 6.07 Å². The van der Waals surface area contributed by atoms with Crippen molar-refractivity contribution in [2.45, 2.75) is 45.8 Å². The lowest BCUT2D eigenvalue weighted by Crippen LogP contribution is -2.40.